The summed E-state index contributed by atoms with van der Waals surface area (Å²) in [6.07, 6.45) is 3.60. The number of rotatable bonds is 4. The van der Waals surface area contributed by atoms with Crippen LogP contribution >= 0.6 is 15.9 Å². The first kappa shape index (κ1) is 14.1. The van der Waals surface area contributed by atoms with Crippen LogP contribution in [0.4, 0.5) is 0 Å². The fourth-order valence-electron chi connectivity index (χ4n) is 2.99. The Morgan fingerprint density at radius 2 is 2.11 bits per heavy atom. The average Bonchev–Trinajstić information content (AvgIpc) is 2.27. The van der Waals surface area contributed by atoms with Crippen LogP contribution in [0.3, 0.4) is 0 Å². The number of ether oxygens (including phenoxy) is 1. The minimum absolute atomic E-state index is 0.274. The van der Waals surface area contributed by atoms with Crippen LogP contribution < -0.4 is 0 Å². The van der Waals surface area contributed by atoms with Crippen molar-refractivity contribution >= 4 is 15.9 Å². The summed E-state index contributed by atoms with van der Waals surface area (Å²) in [5, 5.41) is 0. The lowest BCUT2D eigenvalue weighted by Crippen LogP contribution is -2.24. The van der Waals surface area contributed by atoms with Crippen LogP contribution in [0.15, 0.2) is 24.3 Å². The Labute approximate surface area is 119 Å². The number of benzene rings is 1. The Morgan fingerprint density at radius 1 is 1.39 bits per heavy atom. The van der Waals surface area contributed by atoms with Crippen molar-refractivity contribution in [3.05, 3.63) is 35.4 Å². The molecule has 1 heterocycles. The molecule has 1 aromatic rings. The van der Waals surface area contributed by atoms with Crippen molar-refractivity contribution in [2.45, 2.75) is 51.0 Å². The van der Waals surface area contributed by atoms with Crippen LogP contribution in [0.2, 0.25) is 0 Å². The molecule has 2 heteroatoms. The van der Waals surface area contributed by atoms with E-state index in [-0.39, 0.29) is 6.10 Å². The van der Waals surface area contributed by atoms with Crippen LogP contribution in [0, 0.1) is 5.41 Å². The first-order chi connectivity index (χ1) is 8.48. The molecule has 1 nitrogen and oxygen atoms in total. The van der Waals surface area contributed by atoms with Gasteiger partial charge in [0.15, 0.2) is 0 Å². The van der Waals surface area contributed by atoms with Gasteiger partial charge in [-0.1, -0.05) is 61.0 Å². The lowest BCUT2D eigenvalue weighted by atomic mass is 9.79. The van der Waals surface area contributed by atoms with Crippen molar-refractivity contribution in [2.24, 2.45) is 5.41 Å². The molecule has 0 radical (unpaired) electrons. The maximum absolute atomic E-state index is 6.01. The monoisotopic (exact) mass is 310 g/mol. The van der Waals surface area contributed by atoms with Gasteiger partial charge in [-0.25, -0.2) is 0 Å². The van der Waals surface area contributed by atoms with E-state index in [0.29, 0.717) is 10.2 Å². The van der Waals surface area contributed by atoms with Crippen molar-refractivity contribution < 1.29 is 4.74 Å². The number of fused-ring (bicyclic) bond motifs is 1. The lowest BCUT2D eigenvalue weighted by molar-refractivity contribution is 0.0107. The van der Waals surface area contributed by atoms with Crippen molar-refractivity contribution in [1.29, 1.82) is 0 Å². The lowest BCUT2D eigenvalue weighted by Gasteiger charge is -2.34. The van der Waals surface area contributed by atoms with Gasteiger partial charge in [-0.3, -0.25) is 0 Å². The molecule has 0 saturated heterocycles. The highest BCUT2D eigenvalue weighted by atomic mass is 79.9. The van der Waals surface area contributed by atoms with Gasteiger partial charge >= 0.3 is 0 Å². The van der Waals surface area contributed by atoms with E-state index in [1.54, 1.807) is 0 Å². The molecule has 0 bridgehead atoms. The Balaban J connectivity index is 2.11. The van der Waals surface area contributed by atoms with Crippen molar-refractivity contribution in [3.8, 4) is 0 Å². The Bertz CT molecular complexity index is 398. The molecule has 1 aliphatic rings. The largest absolute Gasteiger partial charge is 0.373 e. The number of hydrogen-bond donors (Lipinski definition) is 0. The minimum atomic E-state index is 0.274. The Morgan fingerprint density at radius 3 is 2.83 bits per heavy atom. The molecule has 0 spiro atoms. The van der Waals surface area contributed by atoms with Gasteiger partial charge in [0.1, 0.15) is 0 Å². The van der Waals surface area contributed by atoms with E-state index >= 15 is 0 Å². The van der Waals surface area contributed by atoms with Crippen LogP contribution in [0.5, 0.6) is 0 Å². The minimum Gasteiger partial charge on any atom is -0.373 e. The normalized spacial score (nSPS) is 21.4. The number of halogens is 1. The van der Waals surface area contributed by atoms with Gasteiger partial charge in [0.25, 0.3) is 0 Å². The molecule has 2 atom stereocenters. The third-order valence-corrected chi connectivity index (χ3v) is 3.99. The molecule has 0 aromatic heterocycles. The van der Waals surface area contributed by atoms with Gasteiger partial charge in [0.2, 0.25) is 0 Å². The summed E-state index contributed by atoms with van der Waals surface area (Å²) in [5.41, 5.74) is 3.17. The first-order valence-electron chi connectivity index (χ1n) is 6.81. The van der Waals surface area contributed by atoms with E-state index in [4.69, 9.17) is 4.74 Å². The average molecular weight is 311 g/mol. The zero-order valence-corrected chi connectivity index (χ0v) is 13.2. The van der Waals surface area contributed by atoms with Gasteiger partial charge in [-0.2, -0.15) is 0 Å². The van der Waals surface area contributed by atoms with Gasteiger partial charge < -0.3 is 4.74 Å². The highest BCUT2D eigenvalue weighted by Gasteiger charge is 2.29. The highest BCUT2D eigenvalue weighted by Crippen LogP contribution is 2.39. The fourth-order valence-corrected chi connectivity index (χ4v) is 3.87. The van der Waals surface area contributed by atoms with E-state index in [2.05, 4.69) is 61.0 Å². The van der Waals surface area contributed by atoms with E-state index in [1.165, 1.54) is 17.5 Å². The number of hydrogen-bond acceptors (Lipinski definition) is 1. The SMILES string of the molecule is CC(Br)CC(C)(C)CC1OCCc2ccccc21. The van der Waals surface area contributed by atoms with E-state index < -0.39 is 0 Å². The van der Waals surface area contributed by atoms with Crippen molar-refractivity contribution in [3.63, 3.8) is 0 Å². The van der Waals surface area contributed by atoms with Gasteiger partial charge in [0, 0.05) is 4.83 Å². The standard InChI is InChI=1S/C16H23BrO/c1-12(17)10-16(2,3)11-15-14-7-5-4-6-13(14)8-9-18-15/h4-7,12,15H,8-11H2,1-3H3. The van der Waals surface area contributed by atoms with Gasteiger partial charge in [0.05, 0.1) is 12.7 Å². The third kappa shape index (κ3) is 3.58. The van der Waals surface area contributed by atoms with Gasteiger partial charge in [-0.05, 0) is 35.8 Å². The second-order valence-corrected chi connectivity index (χ2v) is 7.72. The molecule has 0 amide bonds. The molecule has 2 rings (SSSR count). The van der Waals surface area contributed by atoms with Crippen LogP contribution in [0.25, 0.3) is 0 Å². The molecule has 0 fully saturated rings. The summed E-state index contributed by atoms with van der Waals surface area (Å²) < 4.78 is 6.01. The molecular formula is C16H23BrO. The van der Waals surface area contributed by atoms with Gasteiger partial charge in [-0.15, -0.1) is 0 Å². The van der Waals surface area contributed by atoms with E-state index in [1.807, 2.05) is 0 Å². The molecule has 1 aromatic carbocycles. The zero-order valence-electron chi connectivity index (χ0n) is 11.6. The first-order valence-corrected chi connectivity index (χ1v) is 7.73. The second-order valence-electron chi connectivity index (χ2n) is 6.16. The molecular weight excluding hydrogens is 288 g/mol. The molecule has 0 N–H and O–H groups in total. The highest BCUT2D eigenvalue weighted by molar-refractivity contribution is 9.09. The molecule has 100 valence electrons. The quantitative estimate of drug-likeness (QED) is 0.719. The summed E-state index contributed by atoms with van der Waals surface area (Å²) in [5.74, 6) is 0. The van der Waals surface area contributed by atoms with Crippen molar-refractivity contribution in [1.82, 2.24) is 0 Å². The third-order valence-electron chi connectivity index (χ3n) is 3.66. The van der Waals surface area contributed by atoms with Crippen molar-refractivity contribution in [2.75, 3.05) is 6.61 Å². The van der Waals surface area contributed by atoms with Crippen LogP contribution in [-0.4, -0.2) is 11.4 Å². The fraction of sp³-hybridized carbons (Fsp3) is 0.625. The maximum Gasteiger partial charge on any atom is 0.0832 e. The zero-order chi connectivity index (χ0) is 13.2. The smallest absolute Gasteiger partial charge is 0.0832 e. The summed E-state index contributed by atoms with van der Waals surface area (Å²) in [6.45, 7) is 7.76. The van der Waals surface area contributed by atoms with Crippen LogP contribution in [-0.2, 0) is 11.2 Å². The predicted octanol–water partition coefficient (Wildman–Crippen LogP) is 4.89. The Hall–Kier alpha value is -0.340. The summed E-state index contributed by atoms with van der Waals surface area (Å²) in [7, 11) is 0. The topological polar surface area (TPSA) is 9.23 Å². The molecule has 2 unspecified atom stereocenters. The predicted molar refractivity (Wildman–Crippen MR) is 80.2 cm³/mol. The molecule has 0 aliphatic carbocycles. The maximum atomic E-state index is 6.01. The molecule has 18 heavy (non-hydrogen) atoms. The van der Waals surface area contributed by atoms with Crippen LogP contribution in [0.1, 0.15) is 50.8 Å². The summed E-state index contributed by atoms with van der Waals surface area (Å²) in [4.78, 5) is 0.561. The summed E-state index contributed by atoms with van der Waals surface area (Å²) >= 11 is 3.67. The second kappa shape index (κ2) is 5.75. The molecule has 0 saturated carbocycles. The summed E-state index contributed by atoms with van der Waals surface area (Å²) in [6, 6.07) is 8.73. The van der Waals surface area contributed by atoms with E-state index in [0.717, 1.165) is 19.4 Å². The number of alkyl halides is 1. The van der Waals surface area contributed by atoms with E-state index in [9.17, 15) is 0 Å². The Kier molecular flexibility index (Phi) is 4.50. The molecule has 1 aliphatic heterocycles.